The topological polar surface area (TPSA) is 57.7 Å². The van der Waals surface area contributed by atoms with Gasteiger partial charge in [0.15, 0.2) is 0 Å². The van der Waals surface area contributed by atoms with Crippen molar-refractivity contribution in [2.45, 2.75) is 81.8 Å². The van der Waals surface area contributed by atoms with Crippen LogP contribution in [0, 0.1) is 11.3 Å². The molecule has 1 aliphatic heterocycles. The Kier molecular flexibility index (Phi) is 8.81. The minimum Gasteiger partial charge on any atom is -0.337 e. The van der Waals surface area contributed by atoms with Gasteiger partial charge >= 0.3 is 5.51 Å². The molecule has 0 aromatic heterocycles. The molecule has 9 heteroatoms. The zero-order chi connectivity index (χ0) is 28.4. The molecule has 5 nitrogen and oxygen atoms in total. The monoisotopic (exact) mass is 564 g/mol. The first-order valence-electron chi connectivity index (χ1n) is 13.8. The van der Waals surface area contributed by atoms with Crippen LogP contribution in [-0.2, 0) is 14.6 Å². The van der Waals surface area contributed by atoms with Gasteiger partial charge in [0.25, 0.3) is 9.84 Å². The highest BCUT2D eigenvalue weighted by atomic mass is 32.2. The van der Waals surface area contributed by atoms with Crippen molar-refractivity contribution < 1.29 is 26.4 Å². The molecule has 1 saturated carbocycles. The van der Waals surface area contributed by atoms with Crippen LogP contribution in [0.25, 0.3) is 0 Å². The Morgan fingerprint density at radius 2 is 1.49 bits per heavy atom. The normalized spacial score (nSPS) is 21.1. The maximum absolute atomic E-state index is 13.5. The van der Waals surface area contributed by atoms with Crippen LogP contribution in [0.1, 0.15) is 76.5 Å². The summed E-state index contributed by atoms with van der Waals surface area (Å²) in [6, 6.07) is 14.4. The highest BCUT2D eigenvalue weighted by molar-refractivity contribution is 7.92. The van der Waals surface area contributed by atoms with Gasteiger partial charge in [-0.25, -0.2) is 8.42 Å². The summed E-state index contributed by atoms with van der Waals surface area (Å²) < 4.78 is 63.2. The van der Waals surface area contributed by atoms with E-state index >= 15 is 0 Å². The Morgan fingerprint density at radius 3 is 2.05 bits per heavy atom. The first-order chi connectivity index (χ1) is 18.3. The van der Waals surface area contributed by atoms with Gasteiger partial charge in [-0.2, -0.15) is 13.2 Å². The quantitative estimate of drug-likeness (QED) is 0.397. The summed E-state index contributed by atoms with van der Waals surface area (Å²) in [5.41, 5.74) is -3.88. The molecule has 1 heterocycles. The molecule has 1 amide bonds. The Balaban J connectivity index is 1.62. The van der Waals surface area contributed by atoms with E-state index in [1.807, 2.05) is 35.2 Å². The number of rotatable bonds is 6. The average Bonchev–Trinajstić information content (AvgIpc) is 2.89. The lowest BCUT2D eigenvalue weighted by Gasteiger charge is -2.49. The predicted molar refractivity (Wildman–Crippen MR) is 146 cm³/mol. The molecule has 2 atom stereocenters. The lowest BCUT2D eigenvalue weighted by Crippen LogP contribution is -2.60. The fourth-order valence-electron chi connectivity index (χ4n) is 6.05. The zero-order valence-corrected chi connectivity index (χ0v) is 23.8. The molecule has 0 bridgehead atoms. The summed E-state index contributed by atoms with van der Waals surface area (Å²) >= 11 is 0. The molecule has 1 aliphatic carbocycles. The largest absolute Gasteiger partial charge is 0.501 e. The maximum Gasteiger partial charge on any atom is 0.501 e. The lowest BCUT2D eigenvalue weighted by molar-refractivity contribution is -0.141. The van der Waals surface area contributed by atoms with Crippen LogP contribution in [0.3, 0.4) is 0 Å². The number of carbonyl (C=O) groups is 1. The van der Waals surface area contributed by atoms with E-state index in [1.165, 1.54) is 31.4 Å². The molecule has 0 spiro atoms. The number of amides is 1. The van der Waals surface area contributed by atoms with Crippen LogP contribution in [0.15, 0.2) is 59.5 Å². The van der Waals surface area contributed by atoms with Crippen molar-refractivity contribution in [1.29, 1.82) is 0 Å². The molecular weight excluding hydrogens is 525 g/mol. The van der Waals surface area contributed by atoms with Gasteiger partial charge in [0.1, 0.15) is 0 Å². The van der Waals surface area contributed by atoms with E-state index in [0.29, 0.717) is 37.5 Å². The number of alkyl halides is 3. The van der Waals surface area contributed by atoms with Crippen molar-refractivity contribution >= 4 is 15.7 Å². The van der Waals surface area contributed by atoms with Crippen LogP contribution in [-0.4, -0.2) is 55.3 Å². The number of nitrogens with zero attached hydrogens (tertiary/aromatic N) is 2. The summed E-state index contributed by atoms with van der Waals surface area (Å²) in [4.78, 5) is 17.1. The van der Waals surface area contributed by atoms with E-state index < -0.39 is 20.2 Å². The van der Waals surface area contributed by atoms with E-state index in [9.17, 15) is 26.4 Å². The molecule has 2 fully saturated rings. The van der Waals surface area contributed by atoms with E-state index in [-0.39, 0.29) is 23.4 Å². The first-order valence-corrected chi connectivity index (χ1v) is 15.3. The highest BCUT2D eigenvalue weighted by Crippen LogP contribution is 2.37. The lowest BCUT2D eigenvalue weighted by atomic mass is 9.82. The number of benzene rings is 2. The molecule has 0 N–H and O–H groups in total. The summed E-state index contributed by atoms with van der Waals surface area (Å²) in [6.07, 6.45) is 6.44. The Morgan fingerprint density at radius 1 is 0.897 bits per heavy atom. The molecule has 0 radical (unpaired) electrons. The summed E-state index contributed by atoms with van der Waals surface area (Å²) in [5, 5.41) is 0. The van der Waals surface area contributed by atoms with Crippen molar-refractivity contribution in [3.05, 3.63) is 65.7 Å². The SMILES string of the molecule is CC(C)(C)[C@H]1CN(C(c2ccccc2)c2ccc(S(=O)(=O)C(F)(F)F)cc2)CCN1C(=O)CC1CCCCC1. The number of hydrogen-bond acceptors (Lipinski definition) is 4. The zero-order valence-electron chi connectivity index (χ0n) is 23.0. The van der Waals surface area contributed by atoms with Crippen molar-refractivity contribution in [3.8, 4) is 0 Å². The Hall–Kier alpha value is -2.39. The van der Waals surface area contributed by atoms with Crippen LogP contribution >= 0.6 is 0 Å². The van der Waals surface area contributed by atoms with Gasteiger partial charge < -0.3 is 4.90 Å². The van der Waals surface area contributed by atoms with Gasteiger partial charge in [-0.1, -0.05) is 82.5 Å². The van der Waals surface area contributed by atoms with Crippen molar-refractivity contribution in [2.24, 2.45) is 11.3 Å². The molecule has 2 aromatic rings. The smallest absolute Gasteiger partial charge is 0.337 e. The Labute approximate surface area is 230 Å². The standard InChI is InChI=1S/C30H39F3N2O3S/c1-29(2,3)26-21-34(18-19-35(26)27(36)20-22-10-6-4-7-11-22)28(23-12-8-5-9-13-23)24-14-16-25(17-15-24)39(37,38)30(31,32)33/h5,8-9,12-17,22,26,28H,4,6-7,10-11,18-21H2,1-3H3/t26-,28?/m1/s1. The molecule has 214 valence electrons. The number of halogens is 3. The fourth-order valence-corrected chi connectivity index (χ4v) is 6.81. The minimum atomic E-state index is -5.42. The van der Waals surface area contributed by atoms with Gasteiger partial charge in [-0.05, 0) is 47.4 Å². The van der Waals surface area contributed by atoms with Crippen LogP contribution in [0.4, 0.5) is 13.2 Å². The van der Waals surface area contributed by atoms with Crippen molar-refractivity contribution in [3.63, 3.8) is 0 Å². The van der Waals surface area contributed by atoms with Gasteiger partial charge in [0.05, 0.1) is 10.9 Å². The summed E-state index contributed by atoms with van der Waals surface area (Å²) in [6.45, 7) is 8.17. The molecule has 1 saturated heterocycles. The molecule has 4 rings (SSSR count). The van der Waals surface area contributed by atoms with Crippen LogP contribution in [0.5, 0.6) is 0 Å². The molecule has 39 heavy (non-hydrogen) atoms. The minimum absolute atomic E-state index is 0.0431. The Bertz CT molecular complexity index is 1220. The number of sulfone groups is 1. The number of piperazine rings is 1. The molecule has 2 aliphatic rings. The van der Waals surface area contributed by atoms with E-state index in [1.54, 1.807) is 0 Å². The molecular formula is C30H39F3N2O3S. The first kappa shape index (κ1) is 29.6. The highest BCUT2D eigenvalue weighted by Gasteiger charge is 2.47. The third kappa shape index (κ3) is 6.68. The van der Waals surface area contributed by atoms with E-state index in [2.05, 4.69) is 25.7 Å². The number of carbonyl (C=O) groups excluding carboxylic acids is 1. The summed E-state index contributed by atoms with van der Waals surface area (Å²) in [5.74, 6) is 0.660. The fraction of sp³-hybridized carbons (Fsp3) is 0.567. The van der Waals surface area contributed by atoms with Gasteiger partial charge in [-0.15, -0.1) is 0 Å². The summed E-state index contributed by atoms with van der Waals surface area (Å²) in [7, 11) is -5.42. The molecule has 1 unspecified atom stereocenters. The van der Waals surface area contributed by atoms with Crippen LogP contribution in [0.2, 0.25) is 0 Å². The van der Waals surface area contributed by atoms with Gasteiger partial charge in [0.2, 0.25) is 5.91 Å². The van der Waals surface area contributed by atoms with Crippen molar-refractivity contribution in [2.75, 3.05) is 19.6 Å². The number of hydrogen-bond donors (Lipinski definition) is 0. The van der Waals surface area contributed by atoms with E-state index in [0.717, 1.165) is 30.5 Å². The maximum atomic E-state index is 13.5. The third-order valence-electron chi connectivity index (χ3n) is 8.21. The second kappa shape index (κ2) is 11.6. The van der Waals surface area contributed by atoms with Gasteiger partial charge in [0, 0.05) is 32.1 Å². The van der Waals surface area contributed by atoms with Gasteiger partial charge in [-0.3, -0.25) is 9.69 Å². The second-order valence-corrected chi connectivity index (χ2v) is 13.9. The third-order valence-corrected chi connectivity index (χ3v) is 9.71. The second-order valence-electron chi connectivity index (χ2n) is 12.0. The van der Waals surface area contributed by atoms with Crippen LogP contribution < -0.4 is 0 Å². The average molecular weight is 565 g/mol. The molecule has 2 aromatic carbocycles. The van der Waals surface area contributed by atoms with Crippen molar-refractivity contribution in [1.82, 2.24) is 9.80 Å². The predicted octanol–water partition coefficient (Wildman–Crippen LogP) is 6.60. The van der Waals surface area contributed by atoms with E-state index in [4.69, 9.17) is 0 Å².